The summed E-state index contributed by atoms with van der Waals surface area (Å²) in [6, 6.07) is 11.2. The van der Waals surface area contributed by atoms with E-state index < -0.39 is 10.0 Å². The molecule has 7 nitrogen and oxygen atoms in total. The van der Waals surface area contributed by atoms with Gasteiger partial charge >= 0.3 is 0 Å². The Hall–Kier alpha value is -3.00. The van der Waals surface area contributed by atoms with Crippen LogP contribution in [0.5, 0.6) is 5.75 Å². The van der Waals surface area contributed by atoms with Crippen molar-refractivity contribution in [2.75, 3.05) is 23.4 Å². The van der Waals surface area contributed by atoms with Crippen LogP contribution < -0.4 is 14.8 Å². The highest BCUT2D eigenvalue weighted by Crippen LogP contribution is 2.39. The SMILES string of the molecule is COc1c(NC(=O)c2cc3cccc(C)c3[nH]2)cc(C(C)(C)C)cc1NS(C)(=O)=O. The van der Waals surface area contributed by atoms with Gasteiger partial charge in [0.15, 0.2) is 5.75 Å². The largest absolute Gasteiger partial charge is 0.492 e. The lowest BCUT2D eigenvalue weighted by Gasteiger charge is -2.23. The van der Waals surface area contributed by atoms with Gasteiger partial charge in [0, 0.05) is 10.9 Å². The number of anilines is 2. The number of hydrogen-bond donors (Lipinski definition) is 3. The topological polar surface area (TPSA) is 100 Å². The zero-order chi connectivity index (χ0) is 22.3. The van der Waals surface area contributed by atoms with Crippen LogP contribution in [-0.4, -0.2) is 32.7 Å². The Bertz CT molecular complexity index is 1220. The van der Waals surface area contributed by atoms with Gasteiger partial charge in [-0.15, -0.1) is 0 Å². The molecule has 0 atom stereocenters. The molecule has 0 aliphatic carbocycles. The second-order valence-corrected chi connectivity index (χ2v) is 10.2. The zero-order valence-electron chi connectivity index (χ0n) is 18.0. The average Bonchev–Trinajstić information content (AvgIpc) is 3.05. The first-order chi connectivity index (χ1) is 13.9. The van der Waals surface area contributed by atoms with Crippen LogP contribution in [0.15, 0.2) is 36.4 Å². The fourth-order valence-corrected chi connectivity index (χ4v) is 3.82. The lowest BCUT2D eigenvalue weighted by molar-refractivity contribution is 0.102. The first-order valence-corrected chi connectivity index (χ1v) is 11.4. The van der Waals surface area contributed by atoms with E-state index in [2.05, 4.69) is 15.0 Å². The summed E-state index contributed by atoms with van der Waals surface area (Å²) in [6.07, 6.45) is 1.07. The molecular formula is C22H27N3O4S. The van der Waals surface area contributed by atoms with Gasteiger partial charge in [0.05, 0.1) is 24.7 Å². The average molecular weight is 430 g/mol. The number of aryl methyl sites for hydroxylation is 1. The van der Waals surface area contributed by atoms with Crippen LogP contribution in [0.25, 0.3) is 10.9 Å². The predicted octanol–water partition coefficient (Wildman–Crippen LogP) is 4.41. The molecule has 1 heterocycles. The molecule has 8 heteroatoms. The highest BCUT2D eigenvalue weighted by Gasteiger charge is 2.23. The molecule has 0 radical (unpaired) electrons. The van der Waals surface area contributed by atoms with Gasteiger partial charge in [-0.05, 0) is 41.7 Å². The Labute approximate surface area is 176 Å². The fraction of sp³-hybridized carbons (Fsp3) is 0.318. The van der Waals surface area contributed by atoms with E-state index in [1.54, 1.807) is 18.2 Å². The number of sulfonamides is 1. The van der Waals surface area contributed by atoms with Gasteiger partial charge in [0.2, 0.25) is 10.0 Å². The van der Waals surface area contributed by atoms with Crippen molar-refractivity contribution in [2.45, 2.75) is 33.1 Å². The molecule has 3 rings (SSSR count). The van der Waals surface area contributed by atoms with E-state index in [0.29, 0.717) is 11.4 Å². The number of amides is 1. The van der Waals surface area contributed by atoms with Gasteiger partial charge in [0.25, 0.3) is 5.91 Å². The highest BCUT2D eigenvalue weighted by molar-refractivity contribution is 7.92. The number of rotatable bonds is 5. The number of methoxy groups -OCH3 is 1. The minimum absolute atomic E-state index is 0.245. The van der Waals surface area contributed by atoms with Crippen LogP contribution in [-0.2, 0) is 15.4 Å². The molecule has 3 N–H and O–H groups in total. The number of hydrogen-bond acceptors (Lipinski definition) is 4. The molecule has 0 bridgehead atoms. The van der Waals surface area contributed by atoms with Crippen molar-refractivity contribution >= 4 is 38.2 Å². The maximum atomic E-state index is 13.0. The maximum Gasteiger partial charge on any atom is 0.272 e. The molecule has 1 aromatic heterocycles. The van der Waals surface area contributed by atoms with Crippen molar-refractivity contribution in [3.8, 4) is 5.75 Å². The quantitative estimate of drug-likeness (QED) is 0.559. The summed E-state index contributed by atoms with van der Waals surface area (Å²) in [6.45, 7) is 7.99. The van der Waals surface area contributed by atoms with Crippen LogP contribution >= 0.6 is 0 Å². The van der Waals surface area contributed by atoms with Crippen LogP contribution in [0.1, 0.15) is 42.4 Å². The van der Waals surface area contributed by atoms with E-state index in [9.17, 15) is 13.2 Å². The first-order valence-electron chi connectivity index (χ1n) is 9.49. The van der Waals surface area contributed by atoms with Gasteiger partial charge in [0.1, 0.15) is 5.69 Å². The third kappa shape index (κ3) is 4.59. The van der Waals surface area contributed by atoms with Crippen LogP contribution in [0.3, 0.4) is 0 Å². The standard InChI is InChI=1S/C22H27N3O4S/c1-13-8-7-9-14-10-18(23-19(13)14)21(26)24-16-11-15(22(2,3)4)12-17(20(16)29-5)25-30(6,27)28/h7-12,23,25H,1-6H3,(H,24,26). The van der Waals surface area contributed by atoms with Crippen LogP contribution in [0.2, 0.25) is 0 Å². The minimum atomic E-state index is -3.54. The lowest BCUT2D eigenvalue weighted by atomic mass is 9.86. The maximum absolute atomic E-state index is 13.0. The number of fused-ring (bicyclic) bond motifs is 1. The molecule has 3 aromatic rings. The van der Waals surface area contributed by atoms with Gasteiger partial charge < -0.3 is 15.0 Å². The third-order valence-electron chi connectivity index (χ3n) is 4.81. The summed E-state index contributed by atoms with van der Waals surface area (Å²) in [5.41, 5.74) is 3.57. The van der Waals surface area contributed by atoms with E-state index in [4.69, 9.17) is 4.74 Å². The second kappa shape index (κ2) is 7.68. The summed E-state index contributed by atoms with van der Waals surface area (Å²) in [5, 5.41) is 3.81. The minimum Gasteiger partial charge on any atom is -0.492 e. The number of para-hydroxylation sites is 1. The van der Waals surface area contributed by atoms with Gasteiger partial charge in [-0.1, -0.05) is 39.0 Å². The molecule has 0 saturated carbocycles. The van der Waals surface area contributed by atoms with Crippen LogP contribution in [0, 0.1) is 6.92 Å². The molecule has 0 unspecified atom stereocenters. The molecule has 2 aromatic carbocycles. The van der Waals surface area contributed by atoms with Crippen molar-refractivity contribution in [2.24, 2.45) is 0 Å². The predicted molar refractivity (Wildman–Crippen MR) is 121 cm³/mol. The van der Waals surface area contributed by atoms with Gasteiger partial charge in [-0.3, -0.25) is 9.52 Å². The molecule has 0 saturated heterocycles. The number of carbonyl (C=O) groups excluding carboxylic acids is 1. The monoisotopic (exact) mass is 429 g/mol. The van der Waals surface area contributed by atoms with Crippen molar-refractivity contribution in [1.29, 1.82) is 0 Å². The molecule has 160 valence electrons. The Morgan fingerprint density at radius 3 is 2.33 bits per heavy atom. The second-order valence-electron chi connectivity index (χ2n) is 8.41. The molecule has 0 aliphatic heterocycles. The number of benzene rings is 2. The number of H-pyrrole nitrogens is 1. The number of aromatic nitrogens is 1. The van der Waals surface area contributed by atoms with E-state index >= 15 is 0 Å². The van der Waals surface area contributed by atoms with E-state index in [-0.39, 0.29) is 22.8 Å². The van der Waals surface area contributed by atoms with E-state index in [1.807, 2.05) is 45.9 Å². The third-order valence-corrected chi connectivity index (χ3v) is 5.40. The Kier molecular flexibility index (Phi) is 5.56. The Morgan fingerprint density at radius 2 is 1.77 bits per heavy atom. The van der Waals surface area contributed by atoms with Crippen molar-refractivity contribution in [1.82, 2.24) is 4.98 Å². The molecular weight excluding hydrogens is 402 g/mol. The molecule has 0 spiro atoms. The van der Waals surface area contributed by atoms with Crippen LogP contribution in [0.4, 0.5) is 11.4 Å². The molecule has 0 fully saturated rings. The Balaban J connectivity index is 2.07. The summed E-state index contributed by atoms with van der Waals surface area (Å²) >= 11 is 0. The normalized spacial score (nSPS) is 12.1. The van der Waals surface area contributed by atoms with E-state index in [0.717, 1.165) is 28.3 Å². The van der Waals surface area contributed by atoms with Crippen molar-refractivity contribution < 1.29 is 17.9 Å². The molecule has 1 amide bonds. The smallest absolute Gasteiger partial charge is 0.272 e. The van der Waals surface area contributed by atoms with Gasteiger partial charge in [-0.25, -0.2) is 8.42 Å². The molecule has 30 heavy (non-hydrogen) atoms. The number of nitrogens with one attached hydrogen (secondary N) is 3. The Morgan fingerprint density at radius 1 is 1.10 bits per heavy atom. The van der Waals surface area contributed by atoms with Crippen molar-refractivity contribution in [3.05, 3.63) is 53.2 Å². The molecule has 0 aliphatic rings. The highest BCUT2D eigenvalue weighted by atomic mass is 32.2. The first kappa shape index (κ1) is 21.7. The summed E-state index contributed by atoms with van der Waals surface area (Å²) < 4.78 is 31.7. The number of aromatic amines is 1. The van der Waals surface area contributed by atoms with Crippen molar-refractivity contribution in [3.63, 3.8) is 0 Å². The summed E-state index contributed by atoms with van der Waals surface area (Å²) in [7, 11) is -2.11. The fourth-order valence-electron chi connectivity index (χ4n) is 3.27. The zero-order valence-corrected chi connectivity index (χ0v) is 18.8. The van der Waals surface area contributed by atoms with Gasteiger partial charge in [-0.2, -0.15) is 0 Å². The summed E-state index contributed by atoms with van der Waals surface area (Å²) in [4.78, 5) is 16.1. The van der Waals surface area contributed by atoms with E-state index in [1.165, 1.54) is 7.11 Å². The summed E-state index contributed by atoms with van der Waals surface area (Å²) in [5.74, 6) is -0.102. The number of ether oxygens (including phenoxy) is 1. The lowest BCUT2D eigenvalue weighted by Crippen LogP contribution is -2.18. The number of carbonyl (C=O) groups is 1.